The van der Waals surface area contributed by atoms with Crippen molar-refractivity contribution < 1.29 is 0 Å². The Morgan fingerprint density at radius 1 is 1.05 bits per heavy atom. The Balaban J connectivity index is 1.55. The van der Waals surface area contributed by atoms with Crippen LogP contribution in [-0.2, 0) is 0 Å². The van der Waals surface area contributed by atoms with E-state index in [9.17, 15) is 0 Å². The van der Waals surface area contributed by atoms with Crippen LogP contribution in [0.5, 0.6) is 0 Å². The maximum Gasteiger partial charge on any atom is 0.101 e. The van der Waals surface area contributed by atoms with Gasteiger partial charge in [-0.3, -0.25) is 0 Å². The summed E-state index contributed by atoms with van der Waals surface area (Å²) >= 11 is 6.14. The highest BCUT2D eigenvalue weighted by molar-refractivity contribution is 6.32. The first-order valence-electron chi connectivity index (χ1n) is 7.69. The van der Waals surface area contributed by atoms with Gasteiger partial charge in [0.25, 0.3) is 0 Å². The van der Waals surface area contributed by atoms with Gasteiger partial charge in [-0.15, -0.1) is 0 Å². The van der Waals surface area contributed by atoms with Gasteiger partial charge in [0.1, 0.15) is 6.07 Å². The fraction of sp³-hybridized carbons (Fsp3) is 0.588. The minimum atomic E-state index is 0.557. The molecule has 0 spiro atoms. The lowest BCUT2D eigenvalue weighted by Gasteiger charge is -2.54. The maximum absolute atomic E-state index is 8.94. The number of anilines is 1. The summed E-state index contributed by atoms with van der Waals surface area (Å²) in [6, 6.07) is 8.46. The summed E-state index contributed by atoms with van der Waals surface area (Å²) in [4.78, 5) is 0. The Morgan fingerprint density at radius 2 is 1.70 bits per heavy atom. The van der Waals surface area contributed by atoms with Crippen molar-refractivity contribution in [3.8, 4) is 6.07 Å². The molecular weight excluding hydrogens is 268 g/mol. The zero-order chi connectivity index (χ0) is 13.7. The van der Waals surface area contributed by atoms with E-state index in [1.165, 1.54) is 32.1 Å². The summed E-state index contributed by atoms with van der Waals surface area (Å²) in [6.45, 7) is 0. The number of hydrogen-bond donors (Lipinski definition) is 1. The van der Waals surface area contributed by atoms with Gasteiger partial charge in [-0.25, -0.2) is 0 Å². The van der Waals surface area contributed by atoms with Crippen molar-refractivity contribution in [1.29, 1.82) is 5.26 Å². The molecule has 1 N–H and O–H groups in total. The van der Waals surface area contributed by atoms with Crippen LogP contribution in [0.1, 0.15) is 37.7 Å². The normalized spacial score (nSPS) is 37.7. The maximum atomic E-state index is 8.94. The van der Waals surface area contributed by atoms with Crippen molar-refractivity contribution in [2.24, 2.45) is 23.7 Å². The summed E-state index contributed by atoms with van der Waals surface area (Å²) in [6.07, 6.45) is 7.13. The van der Waals surface area contributed by atoms with Crippen LogP contribution in [0.25, 0.3) is 0 Å². The predicted molar refractivity (Wildman–Crippen MR) is 80.6 cm³/mol. The Bertz CT molecular complexity index is 547. The van der Waals surface area contributed by atoms with Gasteiger partial charge < -0.3 is 5.32 Å². The molecular formula is C17H19ClN2. The van der Waals surface area contributed by atoms with E-state index >= 15 is 0 Å². The first-order chi connectivity index (χ1) is 9.72. The first kappa shape index (κ1) is 12.5. The molecule has 0 amide bonds. The number of nitrogens with zero attached hydrogens (tertiary/aromatic N) is 1. The molecule has 5 rings (SSSR count). The molecule has 0 radical (unpaired) electrons. The summed E-state index contributed by atoms with van der Waals surface area (Å²) in [7, 11) is 0. The van der Waals surface area contributed by atoms with E-state index in [2.05, 4.69) is 11.4 Å². The Hall–Kier alpha value is -1.20. The van der Waals surface area contributed by atoms with E-state index < -0.39 is 0 Å². The van der Waals surface area contributed by atoms with Crippen LogP contribution in [0.3, 0.4) is 0 Å². The van der Waals surface area contributed by atoms with Crippen LogP contribution < -0.4 is 5.32 Å². The second kappa shape index (κ2) is 4.67. The fourth-order valence-electron chi connectivity index (χ4n) is 5.05. The highest BCUT2D eigenvalue weighted by Crippen LogP contribution is 2.54. The van der Waals surface area contributed by atoms with Gasteiger partial charge in [-0.2, -0.15) is 5.26 Å². The Labute approximate surface area is 125 Å². The molecule has 0 unspecified atom stereocenters. The molecule has 20 heavy (non-hydrogen) atoms. The Kier molecular flexibility index (Phi) is 2.93. The third kappa shape index (κ3) is 2.00. The van der Waals surface area contributed by atoms with E-state index in [0.29, 0.717) is 16.6 Å². The molecule has 0 heterocycles. The second-order valence-electron chi connectivity index (χ2n) is 6.91. The number of hydrogen-bond acceptors (Lipinski definition) is 2. The van der Waals surface area contributed by atoms with Gasteiger partial charge in [0.05, 0.1) is 10.6 Å². The topological polar surface area (TPSA) is 35.8 Å². The van der Waals surface area contributed by atoms with Crippen LogP contribution in [-0.4, -0.2) is 6.04 Å². The van der Waals surface area contributed by atoms with Crippen molar-refractivity contribution in [3.05, 3.63) is 28.8 Å². The van der Waals surface area contributed by atoms with Gasteiger partial charge in [0.15, 0.2) is 0 Å². The standard InChI is InChI=1S/C17H19ClN2/c18-16-8-15(2-1-12(16)9-19)20-17-13-4-10-3-11(6-13)7-14(17)5-10/h1-2,8,10-11,13-14,17,20H,3-7H2. The van der Waals surface area contributed by atoms with Crippen LogP contribution in [0.4, 0.5) is 5.69 Å². The summed E-state index contributed by atoms with van der Waals surface area (Å²) in [5, 5.41) is 13.2. The average Bonchev–Trinajstić information content (AvgIpc) is 2.42. The van der Waals surface area contributed by atoms with Crippen molar-refractivity contribution in [2.45, 2.75) is 38.1 Å². The van der Waals surface area contributed by atoms with Gasteiger partial charge in [-0.1, -0.05) is 11.6 Å². The fourth-order valence-corrected chi connectivity index (χ4v) is 5.27. The zero-order valence-electron chi connectivity index (χ0n) is 11.5. The predicted octanol–water partition coefficient (Wildman–Crippen LogP) is 4.45. The van der Waals surface area contributed by atoms with Crippen molar-refractivity contribution in [3.63, 3.8) is 0 Å². The lowest BCUT2D eigenvalue weighted by Crippen LogP contribution is -2.51. The van der Waals surface area contributed by atoms with Gasteiger partial charge in [-0.05, 0) is 74.0 Å². The molecule has 4 aliphatic carbocycles. The molecule has 3 heteroatoms. The largest absolute Gasteiger partial charge is 0.382 e. The molecule has 0 saturated heterocycles. The lowest BCUT2D eigenvalue weighted by atomic mass is 9.54. The first-order valence-corrected chi connectivity index (χ1v) is 8.07. The molecule has 4 aliphatic rings. The molecule has 4 bridgehead atoms. The third-order valence-corrected chi connectivity index (χ3v) is 5.96. The summed E-state index contributed by atoms with van der Waals surface area (Å²) < 4.78 is 0. The van der Waals surface area contributed by atoms with Gasteiger partial charge in [0, 0.05) is 11.7 Å². The van der Waals surface area contributed by atoms with E-state index in [1.54, 1.807) is 0 Å². The molecule has 1 aromatic carbocycles. The van der Waals surface area contributed by atoms with Gasteiger partial charge >= 0.3 is 0 Å². The van der Waals surface area contributed by atoms with Crippen molar-refractivity contribution in [1.82, 2.24) is 0 Å². The SMILES string of the molecule is N#Cc1ccc(NC2C3CC4CC(C3)CC2C4)cc1Cl. The highest BCUT2D eigenvalue weighted by atomic mass is 35.5. The quantitative estimate of drug-likeness (QED) is 0.872. The minimum Gasteiger partial charge on any atom is -0.382 e. The second-order valence-corrected chi connectivity index (χ2v) is 7.31. The van der Waals surface area contributed by atoms with Gasteiger partial charge in [0.2, 0.25) is 0 Å². The average molecular weight is 287 g/mol. The monoisotopic (exact) mass is 286 g/mol. The van der Waals surface area contributed by atoms with E-state index in [0.717, 1.165) is 29.4 Å². The van der Waals surface area contributed by atoms with Crippen LogP contribution in [0.2, 0.25) is 5.02 Å². The van der Waals surface area contributed by atoms with Crippen LogP contribution in [0.15, 0.2) is 18.2 Å². The smallest absolute Gasteiger partial charge is 0.101 e. The number of rotatable bonds is 2. The molecule has 4 saturated carbocycles. The number of benzene rings is 1. The molecule has 0 atom stereocenters. The zero-order valence-corrected chi connectivity index (χ0v) is 12.2. The molecule has 0 aliphatic heterocycles. The van der Waals surface area contributed by atoms with Crippen LogP contribution in [0, 0.1) is 35.0 Å². The minimum absolute atomic E-state index is 0.557. The van der Waals surface area contributed by atoms with Crippen LogP contribution >= 0.6 is 11.6 Å². The van der Waals surface area contributed by atoms with E-state index in [4.69, 9.17) is 16.9 Å². The lowest BCUT2D eigenvalue weighted by molar-refractivity contribution is 0.00754. The van der Waals surface area contributed by atoms with E-state index in [1.807, 2.05) is 18.2 Å². The molecule has 2 nitrogen and oxygen atoms in total. The van der Waals surface area contributed by atoms with E-state index in [-0.39, 0.29) is 0 Å². The highest BCUT2D eigenvalue weighted by Gasteiger charge is 2.48. The molecule has 1 aromatic rings. The molecule has 4 fully saturated rings. The molecule has 0 aromatic heterocycles. The third-order valence-electron chi connectivity index (χ3n) is 5.65. The Morgan fingerprint density at radius 3 is 2.25 bits per heavy atom. The molecule has 104 valence electrons. The number of nitrogens with one attached hydrogen (secondary N) is 1. The van der Waals surface area contributed by atoms with Crippen molar-refractivity contribution >= 4 is 17.3 Å². The number of halogens is 1. The summed E-state index contributed by atoms with van der Waals surface area (Å²) in [5.41, 5.74) is 1.63. The number of nitriles is 1. The summed E-state index contributed by atoms with van der Waals surface area (Å²) in [5.74, 6) is 3.70. The van der Waals surface area contributed by atoms with Crippen molar-refractivity contribution in [2.75, 3.05) is 5.32 Å².